The number of likely N-dealkylation sites (tertiary alicyclic amines) is 1. The third kappa shape index (κ3) is 3.87. The fourth-order valence-corrected chi connectivity index (χ4v) is 3.25. The lowest BCUT2D eigenvalue weighted by atomic mass is 10.0. The summed E-state index contributed by atoms with van der Waals surface area (Å²) in [5.74, 6) is -0.206. The van der Waals surface area contributed by atoms with Gasteiger partial charge in [0.1, 0.15) is 5.82 Å². The third-order valence-electron chi connectivity index (χ3n) is 4.58. The van der Waals surface area contributed by atoms with Gasteiger partial charge in [-0.2, -0.15) is 0 Å². The number of nitrogens with zero attached hydrogens (tertiary/aromatic N) is 1. The predicted molar refractivity (Wildman–Crippen MR) is 91.6 cm³/mol. The van der Waals surface area contributed by atoms with Gasteiger partial charge in [0.2, 0.25) is 0 Å². The quantitative estimate of drug-likeness (QED) is 0.884. The number of hydrogen-bond donors (Lipinski definition) is 2. The smallest absolute Gasteiger partial charge is 0.409 e. The van der Waals surface area contributed by atoms with Crippen LogP contribution in [0.25, 0.3) is 10.9 Å². The molecule has 24 heavy (non-hydrogen) atoms. The summed E-state index contributed by atoms with van der Waals surface area (Å²) in [6.45, 7) is 4.54. The predicted octanol–water partition coefficient (Wildman–Crippen LogP) is 3.06. The van der Waals surface area contributed by atoms with E-state index in [0.29, 0.717) is 12.6 Å². The number of rotatable bonds is 5. The van der Waals surface area contributed by atoms with Crippen LogP contribution in [0.5, 0.6) is 0 Å². The third-order valence-corrected chi connectivity index (χ3v) is 4.58. The Morgan fingerprint density at radius 2 is 2.21 bits per heavy atom. The molecule has 130 valence electrons. The van der Waals surface area contributed by atoms with Gasteiger partial charge in [-0.1, -0.05) is 0 Å². The molecule has 1 saturated heterocycles. The molecule has 2 heterocycles. The van der Waals surface area contributed by atoms with Gasteiger partial charge in [0.25, 0.3) is 0 Å². The van der Waals surface area contributed by atoms with E-state index in [9.17, 15) is 9.18 Å². The summed E-state index contributed by atoms with van der Waals surface area (Å²) in [4.78, 5) is 16.6. The van der Waals surface area contributed by atoms with Crippen molar-refractivity contribution in [1.82, 2.24) is 15.2 Å². The second-order valence-electron chi connectivity index (χ2n) is 6.17. The highest BCUT2D eigenvalue weighted by atomic mass is 19.1. The van der Waals surface area contributed by atoms with Crippen molar-refractivity contribution in [1.29, 1.82) is 0 Å². The first kappa shape index (κ1) is 16.8. The Bertz CT molecular complexity index is 693. The van der Waals surface area contributed by atoms with Gasteiger partial charge in [0.15, 0.2) is 0 Å². The number of carbonyl (C=O) groups is 1. The van der Waals surface area contributed by atoms with Gasteiger partial charge in [0.05, 0.1) is 6.61 Å². The zero-order valence-corrected chi connectivity index (χ0v) is 14.0. The first-order chi connectivity index (χ1) is 11.7. The lowest BCUT2D eigenvalue weighted by molar-refractivity contribution is 0.0952. The van der Waals surface area contributed by atoms with Crippen molar-refractivity contribution >= 4 is 17.0 Å². The second-order valence-corrected chi connectivity index (χ2v) is 6.17. The molecule has 5 nitrogen and oxygen atoms in total. The number of ether oxygens (including phenoxy) is 1. The van der Waals surface area contributed by atoms with E-state index >= 15 is 0 Å². The van der Waals surface area contributed by atoms with Crippen LogP contribution in [0.3, 0.4) is 0 Å². The molecular weight excluding hydrogens is 309 g/mol. The van der Waals surface area contributed by atoms with Crippen LogP contribution in [0.1, 0.15) is 25.3 Å². The Morgan fingerprint density at radius 1 is 1.42 bits per heavy atom. The van der Waals surface area contributed by atoms with Crippen LogP contribution in [-0.2, 0) is 11.2 Å². The van der Waals surface area contributed by atoms with Crippen molar-refractivity contribution in [2.24, 2.45) is 0 Å². The summed E-state index contributed by atoms with van der Waals surface area (Å²) >= 11 is 0. The molecule has 0 unspecified atom stereocenters. The van der Waals surface area contributed by atoms with Gasteiger partial charge in [-0.3, -0.25) is 0 Å². The topological polar surface area (TPSA) is 57.4 Å². The molecule has 0 atom stereocenters. The van der Waals surface area contributed by atoms with E-state index in [4.69, 9.17) is 4.74 Å². The van der Waals surface area contributed by atoms with Gasteiger partial charge in [-0.25, -0.2) is 9.18 Å². The molecule has 2 aromatic rings. The van der Waals surface area contributed by atoms with Crippen molar-refractivity contribution in [3.8, 4) is 0 Å². The number of halogens is 1. The number of aromatic amines is 1. The summed E-state index contributed by atoms with van der Waals surface area (Å²) in [6.07, 6.45) is 4.45. The fraction of sp³-hybridized carbons (Fsp3) is 0.500. The molecular formula is C18H24FN3O2. The molecule has 1 aliphatic rings. The van der Waals surface area contributed by atoms with Crippen LogP contribution >= 0.6 is 0 Å². The van der Waals surface area contributed by atoms with Crippen LogP contribution in [0.2, 0.25) is 0 Å². The van der Waals surface area contributed by atoms with Crippen LogP contribution in [0.15, 0.2) is 24.4 Å². The number of fused-ring (bicyclic) bond motifs is 1. The van der Waals surface area contributed by atoms with Crippen molar-refractivity contribution < 1.29 is 13.9 Å². The minimum atomic E-state index is -0.211. The molecule has 3 rings (SSSR count). The molecule has 1 aromatic carbocycles. The number of H-pyrrole nitrogens is 1. The highest BCUT2D eigenvalue weighted by Crippen LogP contribution is 2.20. The van der Waals surface area contributed by atoms with Gasteiger partial charge in [-0.05, 0) is 56.5 Å². The monoisotopic (exact) mass is 333 g/mol. The molecule has 0 saturated carbocycles. The molecule has 0 spiro atoms. The standard InChI is InChI=1S/C18H24FN3O2/c1-2-24-18(23)22-9-6-15(7-10-22)20-8-5-13-12-21-17-4-3-14(19)11-16(13)17/h3-4,11-12,15,20-21H,2,5-10H2,1H3. The van der Waals surface area contributed by atoms with E-state index in [1.54, 1.807) is 17.0 Å². The van der Waals surface area contributed by atoms with E-state index in [-0.39, 0.29) is 11.9 Å². The highest BCUT2D eigenvalue weighted by Gasteiger charge is 2.23. The maximum Gasteiger partial charge on any atom is 0.409 e. The maximum absolute atomic E-state index is 13.4. The van der Waals surface area contributed by atoms with Crippen LogP contribution in [0, 0.1) is 5.82 Å². The Labute approximate surface area is 141 Å². The zero-order chi connectivity index (χ0) is 16.9. The van der Waals surface area contributed by atoms with Gasteiger partial charge < -0.3 is 19.9 Å². The van der Waals surface area contributed by atoms with E-state index in [0.717, 1.165) is 55.4 Å². The average Bonchev–Trinajstić information content (AvgIpc) is 2.98. The molecule has 1 aromatic heterocycles. The SMILES string of the molecule is CCOC(=O)N1CCC(NCCc2c[nH]c3ccc(F)cc23)CC1. The summed E-state index contributed by atoms with van der Waals surface area (Å²) in [6, 6.07) is 5.24. The summed E-state index contributed by atoms with van der Waals surface area (Å²) in [5.41, 5.74) is 2.09. The van der Waals surface area contributed by atoms with Crippen LogP contribution in [0.4, 0.5) is 9.18 Å². The number of piperidine rings is 1. The molecule has 2 N–H and O–H groups in total. The van der Waals surface area contributed by atoms with Crippen molar-refractivity contribution in [2.75, 3.05) is 26.2 Å². The highest BCUT2D eigenvalue weighted by molar-refractivity contribution is 5.83. The van der Waals surface area contributed by atoms with E-state index in [1.807, 2.05) is 13.1 Å². The molecule has 6 heteroatoms. The summed E-state index contributed by atoms with van der Waals surface area (Å²) < 4.78 is 18.4. The normalized spacial score (nSPS) is 15.8. The first-order valence-electron chi connectivity index (χ1n) is 8.58. The number of hydrogen-bond acceptors (Lipinski definition) is 3. The number of nitrogens with one attached hydrogen (secondary N) is 2. The lowest BCUT2D eigenvalue weighted by Crippen LogP contribution is -2.45. The Morgan fingerprint density at radius 3 is 2.96 bits per heavy atom. The van der Waals surface area contributed by atoms with Gasteiger partial charge in [-0.15, -0.1) is 0 Å². The van der Waals surface area contributed by atoms with E-state index in [1.165, 1.54) is 6.07 Å². The molecule has 0 aliphatic carbocycles. The van der Waals surface area contributed by atoms with E-state index < -0.39 is 0 Å². The number of aromatic nitrogens is 1. The molecule has 1 amide bonds. The zero-order valence-electron chi connectivity index (χ0n) is 14.0. The fourth-order valence-electron chi connectivity index (χ4n) is 3.25. The number of amides is 1. The van der Waals surface area contributed by atoms with E-state index in [2.05, 4.69) is 10.3 Å². The molecule has 1 fully saturated rings. The lowest BCUT2D eigenvalue weighted by Gasteiger charge is -2.31. The van der Waals surface area contributed by atoms with Gasteiger partial charge >= 0.3 is 6.09 Å². The molecule has 1 aliphatic heterocycles. The first-order valence-corrected chi connectivity index (χ1v) is 8.58. The summed E-state index contributed by atoms with van der Waals surface area (Å²) in [5, 5.41) is 4.50. The Hall–Kier alpha value is -2.08. The Balaban J connectivity index is 1.45. The minimum absolute atomic E-state index is 0.206. The summed E-state index contributed by atoms with van der Waals surface area (Å²) in [7, 11) is 0. The van der Waals surface area contributed by atoms with Crippen LogP contribution < -0.4 is 5.32 Å². The molecule has 0 radical (unpaired) electrons. The number of carbonyl (C=O) groups excluding carboxylic acids is 1. The minimum Gasteiger partial charge on any atom is -0.450 e. The second kappa shape index (κ2) is 7.66. The molecule has 0 bridgehead atoms. The maximum atomic E-state index is 13.4. The van der Waals surface area contributed by atoms with Crippen molar-refractivity contribution in [2.45, 2.75) is 32.2 Å². The Kier molecular flexibility index (Phi) is 5.35. The number of benzene rings is 1. The average molecular weight is 333 g/mol. The van der Waals surface area contributed by atoms with Gasteiger partial charge in [0, 0.05) is 36.2 Å². The largest absolute Gasteiger partial charge is 0.450 e. The van der Waals surface area contributed by atoms with Crippen LogP contribution in [-0.4, -0.2) is 48.3 Å². The van der Waals surface area contributed by atoms with Crippen molar-refractivity contribution in [3.05, 3.63) is 35.8 Å². The van der Waals surface area contributed by atoms with Crippen molar-refractivity contribution in [3.63, 3.8) is 0 Å².